The van der Waals surface area contributed by atoms with Gasteiger partial charge in [-0.1, -0.05) is 30.3 Å². The van der Waals surface area contributed by atoms with E-state index in [0.29, 0.717) is 24.4 Å². The number of benzene rings is 1. The molecular formula is C22H18O3. The molecule has 124 valence electrons. The average Bonchev–Trinajstić information content (AvgIpc) is 3.33. The minimum atomic E-state index is 0.0694. The van der Waals surface area contributed by atoms with E-state index in [4.69, 9.17) is 8.83 Å². The molecule has 0 bridgehead atoms. The van der Waals surface area contributed by atoms with Gasteiger partial charge < -0.3 is 8.83 Å². The molecule has 1 fully saturated rings. The van der Waals surface area contributed by atoms with Crippen LogP contribution in [0.1, 0.15) is 35.8 Å². The largest absolute Gasteiger partial charge is 0.465 e. The van der Waals surface area contributed by atoms with Crippen LogP contribution in [0.2, 0.25) is 0 Å². The molecule has 2 aromatic heterocycles. The van der Waals surface area contributed by atoms with E-state index in [-0.39, 0.29) is 11.7 Å². The Morgan fingerprint density at radius 3 is 1.80 bits per heavy atom. The van der Waals surface area contributed by atoms with Crippen molar-refractivity contribution in [2.75, 3.05) is 0 Å². The summed E-state index contributed by atoms with van der Waals surface area (Å²) in [6, 6.07) is 17.7. The maximum Gasteiger partial charge on any atom is 0.185 e. The molecule has 1 aliphatic rings. The van der Waals surface area contributed by atoms with Gasteiger partial charge in [-0.2, -0.15) is 0 Å². The van der Waals surface area contributed by atoms with Crippen molar-refractivity contribution in [1.82, 2.24) is 0 Å². The number of Topliss-reactive ketones (excluding diaryl/α,β-unsaturated/α-hetero) is 1. The van der Waals surface area contributed by atoms with Crippen LogP contribution in [0.25, 0.3) is 12.2 Å². The topological polar surface area (TPSA) is 43.4 Å². The Bertz CT molecular complexity index is 841. The van der Waals surface area contributed by atoms with Gasteiger partial charge in [-0.15, -0.1) is 0 Å². The number of carbonyl (C=O) groups excluding carboxylic acids is 1. The SMILES string of the molecule is O=C1C(=Cc2ccco2)CC(c2ccccc2)CC1=Cc1ccco1. The number of hydrogen-bond acceptors (Lipinski definition) is 3. The third kappa shape index (κ3) is 3.41. The molecule has 2 heterocycles. The normalized spacial score (nSPS) is 21.1. The molecule has 0 amide bonds. The molecule has 0 aliphatic heterocycles. The van der Waals surface area contributed by atoms with Gasteiger partial charge in [0.2, 0.25) is 0 Å². The third-order valence-electron chi connectivity index (χ3n) is 4.51. The standard InChI is InChI=1S/C22H18O3/c23-22-18(14-20-8-4-10-24-20)12-17(16-6-2-1-3-7-16)13-19(22)15-21-9-5-11-25-21/h1-11,14-15,17H,12-13H2. The van der Waals surface area contributed by atoms with Crippen molar-refractivity contribution in [3.05, 3.63) is 95.4 Å². The highest BCUT2D eigenvalue weighted by Gasteiger charge is 2.29. The van der Waals surface area contributed by atoms with Gasteiger partial charge >= 0.3 is 0 Å². The minimum absolute atomic E-state index is 0.0694. The van der Waals surface area contributed by atoms with Crippen molar-refractivity contribution in [3.8, 4) is 0 Å². The lowest BCUT2D eigenvalue weighted by Crippen LogP contribution is -2.18. The first kappa shape index (κ1) is 15.5. The maximum atomic E-state index is 12.9. The summed E-state index contributed by atoms with van der Waals surface area (Å²) in [5, 5.41) is 0. The van der Waals surface area contributed by atoms with Crippen molar-refractivity contribution < 1.29 is 13.6 Å². The smallest absolute Gasteiger partial charge is 0.185 e. The van der Waals surface area contributed by atoms with E-state index in [1.807, 2.05) is 54.6 Å². The van der Waals surface area contributed by atoms with Gasteiger partial charge in [0.05, 0.1) is 12.5 Å². The van der Waals surface area contributed by atoms with Crippen molar-refractivity contribution in [1.29, 1.82) is 0 Å². The van der Waals surface area contributed by atoms with Crippen LogP contribution in [0.3, 0.4) is 0 Å². The second-order valence-electron chi connectivity index (χ2n) is 6.21. The monoisotopic (exact) mass is 330 g/mol. The van der Waals surface area contributed by atoms with Crippen LogP contribution in [0.5, 0.6) is 0 Å². The van der Waals surface area contributed by atoms with E-state index >= 15 is 0 Å². The third-order valence-corrected chi connectivity index (χ3v) is 4.51. The van der Waals surface area contributed by atoms with Crippen LogP contribution in [0, 0.1) is 0 Å². The summed E-state index contributed by atoms with van der Waals surface area (Å²) in [7, 11) is 0. The number of rotatable bonds is 3. The summed E-state index contributed by atoms with van der Waals surface area (Å²) in [4.78, 5) is 12.9. The lowest BCUT2D eigenvalue weighted by atomic mass is 9.77. The van der Waals surface area contributed by atoms with Crippen LogP contribution in [0.15, 0.2) is 87.1 Å². The van der Waals surface area contributed by atoms with E-state index in [9.17, 15) is 4.79 Å². The van der Waals surface area contributed by atoms with E-state index in [0.717, 1.165) is 11.1 Å². The Hall–Kier alpha value is -3.07. The fraction of sp³-hybridized carbons (Fsp3) is 0.136. The Balaban J connectivity index is 1.73. The average molecular weight is 330 g/mol. The van der Waals surface area contributed by atoms with Crippen LogP contribution in [-0.2, 0) is 4.79 Å². The molecule has 4 rings (SSSR count). The number of hydrogen-bond donors (Lipinski definition) is 0. The quantitative estimate of drug-likeness (QED) is 0.597. The summed E-state index contributed by atoms with van der Waals surface area (Å²) in [6.07, 6.45) is 8.36. The van der Waals surface area contributed by atoms with Gasteiger partial charge in [-0.05, 0) is 60.7 Å². The van der Waals surface area contributed by atoms with Crippen LogP contribution in [-0.4, -0.2) is 5.78 Å². The Morgan fingerprint density at radius 1 is 0.760 bits per heavy atom. The molecule has 3 aromatic rings. The van der Waals surface area contributed by atoms with Crippen LogP contribution >= 0.6 is 0 Å². The summed E-state index contributed by atoms with van der Waals surface area (Å²) in [5.74, 6) is 1.74. The number of ketones is 1. The number of allylic oxidation sites excluding steroid dienone is 2. The highest BCUT2D eigenvalue weighted by molar-refractivity contribution is 6.14. The van der Waals surface area contributed by atoms with Crippen molar-refractivity contribution in [2.24, 2.45) is 0 Å². The first-order chi connectivity index (χ1) is 12.3. The van der Waals surface area contributed by atoms with E-state index < -0.39 is 0 Å². The lowest BCUT2D eigenvalue weighted by Gasteiger charge is -2.26. The molecule has 1 aliphatic carbocycles. The predicted molar refractivity (Wildman–Crippen MR) is 96.8 cm³/mol. The fourth-order valence-corrected chi connectivity index (χ4v) is 3.29. The predicted octanol–water partition coefficient (Wildman–Crippen LogP) is 5.49. The van der Waals surface area contributed by atoms with E-state index in [2.05, 4.69) is 12.1 Å². The summed E-state index contributed by atoms with van der Waals surface area (Å²) < 4.78 is 10.8. The van der Waals surface area contributed by atoms with Gasteiger partial charge in [-0.3, -0.25) is 4.79 Å². The van der Waals surface area contributed by atoms with Gasteiger partial charge in [0.25, 0.3) is 0 Å². The number of furan rings is 2. The van der Waals surface area contributed by atoms with Gasteiger partial charge in [0.15, 0.2) is 5.78 Å². The Labute approximate surface area is 146 Å². The van der Waals surface area contributed by atoms with Crippen molar-refractivity contribution >= 4 is 17.9 Å². The molecule has 3 heteroatoms. The first-order valence-corrected chi connectivity index (χ1v) is 8.37. The van der Waals surface area contributed by atoms with E-state index in [1.54, 1.807) is 12.5 Å². The Morgan fingerprint density at radius 2 is 1.32 bits per heavy atom. The lowest BCUT2D eigenvalue weighted by molar-refractivity contribution is -0.113. The second kappa shape index (κ2) is 6.81. The van der Waals surface area contributed by atoms with Crippen LogP contribution < -0.4 is 0 Å². The molecule has 0 unspecified atom stereocenters. The molecule has 0 radical (unpaired) electrons. The molecule has 0 spiro atoms. The molecule has 25 heavy (non-hydrogen) atoms. The fourth-order valence-electron chi connectivity index (χ4n) is 3.29. The van der Waals surface area contributed by atoms with Gasteiger partial charge in [0.1, 0.15) is 11.5 Å². The molecule has 0 saturated heterocycles. The van der Waals surface area contributed by atoms with Gasteiger partial charge in [0, 0.05) is 11.1 Å². The maximum absolute atomic E-state index is 12.9. The molecular weight excluding hydrogens is 312 g/mol. The van der Waals surface area contributed by atoms with Gasteiger partial charge in [-0.25, -0.2) is 0 Å². The highest BCUT2D eigenvalue weighted by Crippen LogP contribution is 2.38. The van der Waals surface area contributed by atoms with Crippen molar-refractivity contribution in [3.63, 3.8) is 0 Å². The first-order valence-electron chi connectivity index (χ1n) is 8.37. The Kier molecular flexibility index (Phi) is 4.21. The van der Waals surface area contributed by atoms with Crippen LogP contribution in [0.4, 0.5) is 0 Å². The summed E-state index contributed by atoms with van der Waals surface area (Å²) in [6.45, 7) is 0. The molecule has 0 atom stereocenters. The minimum Gasteiger partial charge on any atom is -0.465 e. The van der Waals surface area contributed by atoms with E-state index in [1.165, 1.54) is 5.56 Å². The zero-order valence-electron chi connectivity index (χ0n) is 13.7. The number of carbonyl (C=O) groups is 1. The summed E-state index contributed by atoms with van der Waals surface area (Å²) in [5.41, 5.74) is 2.78. The zero-order valence-corrected chi connectivity index (χ0v) is 13.7. The molecule has 1 aromatic carbocycles. The second-order valence-corrected chi connectivity index (χ2v) is 6.21. The molecule has 3 nitrogen and oxygen atoms in total. The molecule has 0 N–H and O–H groups in total. The summed E-state index contributed by atoms with van der Waals surface area (Å²) >= 11 is 0. The van der Waals surface area contributed by atoms with Crippen molar-refractivity contribution in [2.45, 2.75) is 18.8 Å². The zero-order chi connectivity index (χ0) is 17.1. The molecule has 1 saturated carbocycles. The highest BCUT2D eigenvalue weighted by atomic mass is 16.3.